The second kappa shape index (κ2) is 22.1. The number of hydrogen-bond acceptors (Lipinski definition) is 1. The largest absolute Gasteiger partial charge is 2.00 e. The van der Waals surface area contributed by atoms with Crippen molar-refractivity contribution in [3.05, 3.63) is 0 Å². The summed E-state index contributed by atoms with van der Waals surface area (Å²) in [6, 6.07) is 0. The fourth-order valence-corrected chi connectivity index (χ4v) is 0. The first kappa shape index (κ1) is 17.2. The van der Waals surface area contributed by atoms with Crippen LogP contribution in [0, 0.1) is 0 Å². The Labute approximate surface area is 56.5 Å². The van der Waals surface area contributed by atoms with Crippen molar-refractivity contribution in [1.29, 1.82) is 0 Å². The van der Waals surface area contributed by atoms with E-state index in [4.69, 9.17) is 9.90 Å². The average molecular weight is 149 g/mol. The van der Waals surface area contributed by atoms with Gasteiger partial charge in [-0.2, -0.15) is 0 Å². The third-order valence-electron chi connectivity index (χ3n) is 0. The van der Waals surface area contributed by atoms with E-state index in [0.717, 1.165) is 0 Å². The van der Waals surface area contributed by atoms with E-state index < -0.39 is 0 Å². The van der Waals surface area contributed by atoms with Crippen LogP contribution in [0.2, 0.25) is 0 Å². The van der Waals surface area contributed by atoms with Crippen LogP contribution < -0.4 is 17.0 Å². The molecule has 0 aromatic rings. The van der Waals surface area contributed by atoms with Gasteiger partial charge in [-0.25, -0.2) is 0 Å². The summed E-state index contributed by atoms with van der Waals surface area (Å²) >= 11 is 0. The number of aliphatic hydroxyl groups excluding tert-OH is 1. The van der Waals surface area contributed by atoms with Gasteiger partial charge in [0.1, 0.15) is 0 Å². The first-order valence-corrected chi connectivity index (χ1v) is 0.428. The molecule has 0 heterocycles. The minimum Gasteiger partial charge on any atom is -1.00 e. The molecule has 0 spiro atoms. The smallest absolute Gasteiger partial charge is 1.00 e. The van der Waals surface area contributed by atoms with Crippen molar-refractivity contribution in [2.45, 2.75) is 0 Å². The van der Waals surface area contributed by atoms with Crippen molar-refractivity contribution < 1.29 is 26.9 Å². The number of hydrogen-bond donors (Lipinski definition) is 1. The van der Waals surface area contributed by atoms with Crippen LogP contribution in [0.1, 0.15) is 0 Å². The zero-order valence-corrected chi connectivity index (χ0v) is 5.44. The summed E-state index contributed by atoms with van der Waals surface area (Å²) in [6.45, 7) is 0.500. The molecule has 0 radical (unpaired) electrons. The van der Waals surface area contributed by atoms with Crippen LogP contribution in [-0.4, -0.2) is 34.6 Å². The van der Waals surface area contributed by atoms with Crippen molar-refractivity contribution in [2.24, 2.45) is 0 Å². The summed E-state index contributed by atoms with van der Waals surface area (Å²) in [4.78, 5) is 8.24. The molecule has 0 fully saturated rings. The molecule has 26 valence electrons. The first-order chi connectivity index (χ1) is 1.41. The first-order valence-electron chi connectivity index (χ1n) is 0.428. The van der Waals surface area contributed by atoms with Crippen LogP contribution >= 0.6 is 0 Å². The summed E-state index contributed by atoms with van der Waals surface area (Å²) < 4.78 is 0. The fraction of sp³-hybridized carbons (Fsp3) is 0. The maximum Gasteiger partial charge on any atom is 2.00 e. The van der Waals surface area contributed by atoms with Gasteiger partial charge in [-0.3, -0.25) is 0 Å². The van der Waals surface area contributed by atoms with Gasteiger partial charge in [0.25, 0.3) is 0 Å². The van der Waals surface area contributed by atoms with Crippen molar-refractivity contribution in [2.75, 3.05) is 0 Å². The topological polar surface area (TPSA) is 37.3 Å². The van der Waals surface area contributed by atoms with Crippen LogP contribution in [0.4, 0.5) is 0 Å². The Morgan fingerprint density at radius 1 is 1.60 bits per heavy atom. The van der Waals surface area contributed by atoms with Gasteiger partial charge in [0.15, 0.2) is 0 Å². The third kappa shape index (κ3) is 67.8. The van der Waals surface area contributed by atoms with E-state index in [2.05, 4.69) is 0 Å². The normalized spacial score (nSPS) is 2.40. The van der Waals surface area contributed by atoms with Crippen LogP contribution in [0.25, 0.3) is 0 Å². The van der Waals surface area contributed by atoms with Crippen molar-refractivity contribution in [3.8, 4) is 0 Å². The molecule has 0 saturated carbocycles. The van der Waals surface area contributed by atoms with Crippen LogP contribution in [0.3, 0.4) is 0 Å². The van der Waals surface area contributed by atoms with Crippen LogP contribution in [-0.2, 0) is 4.79 Å². The van der Waals surface area contributed by atoms with Gasteiger partial charge < -0.3 is 26.9 Å². The van der Waals surface area contributed by atoms with Crippen molar-refractivity contribution in [3.63, 3.8) is 0 Å². The van der Waals surface area contributed by atoms with E-state index in [0.29, 0.717) is 6.47 Å². The summed E-state index contributed by atoms with van der Waals surface area (Å²) in [5.74, 6) is 0. The van der Waals surface area contributed by atoms with Gasteiger partial charge in [-0.1, -0.05) is 6.47 Å². The summed E-state index contributed by atoms with van der Waals surface area (Å²) in [7, 11) is 0. The molecule has 1 N–H and O–H groups in total. The predicted octanol–water partition coefficient (Wildman–Crippen LogP) is -3.77. The van der Waals surface area contributed by atoms with Crippen molar-refractivity contribution >= 4 is 29.5 Å². The molecule has 0 saturated heterocycles. The van der Waals surface area contributed by atoms with Gasteiger partial charge in [0.2, 0.25) is 0 Å². The summed E-state index contributed by atoms with van der Waals surface area (Å²) in [5, 5.41) is 6.76. The Bertz CT molecular complexity index is 17.1. The van der Waals surface area contributed by atoms with E-state index in [1.54, 1.807) is 0 Å². The summed E-state index contributed by atoms with van der Waals surface area (Å²) in [6.07, 6.45) is 0. The van der Waals surface area contributed by atoms with Crippen molar-refractivity contribution in [1.82, 2.24) is 0 Å². The van der Waals surface area contributed by atoms with Crippen LogP contribution in [0.5, 0.6) is 0 Å². The minimum absolute atomic E-state index is 0. The fourth-order valence-electron chi connectivity index (χ4n) is 0. The molecule has 0 amide bonds. The van der Waals surface area contributed by atoms with Gasteiger partial charge in [-0.15, -0.1) is 0 Å². The maximum absolute atomic E-state index is 8.24. The molecule has 0 atom stereocenters. The zero-order chi connectivity index (χ0) is 2.71. The quantitative estimate of drug-likeness (QED) is 0.284. The van der Waals surface area contributed by atoms with E-state index in [1.807, 2.05) is 0 Å². The molecular formula is CHBrMgO2. The van der Waals surface area contributed by atoms with E-state index in [9.17, 15) is 0 Å². The maximum atomic E-state index is 8.24. The van der Waals surface area contributed by atoms with Gasteiger partial charge >= 0.3 is 23.1 Å². The Kier molecular flexibility index (Phi) is 76.2. The number of halogens is 1. The van der Waals surface area contributed by atoms with Gasteiger partial charge in [-0.05, 0) is 0 Å². The SMILES string of the molecule is O=[C-]O.[Br-].[Mg+2]. The molecule has 0 rings (SSSR count). The zero-order valence-electron chi connectivity index (χ0n) is 2.44. The monoisotopic (exact) mass is 148 g/mol. The second-order valence-electron chi connectivity index (χ2n) is 0.0913. The molecule has 4 heteroatoms. The molecule has 0 aromatic heterocycles. The predicted molar refractivity (Wildman–Crippen MR) is 14.1 cm³/mol. The Morgan fingerprint density at radius 3 is 1.60 bits per heavy atom. The third-order valence-corrected chi connectivity index (χ3v) is 0. The Hall–Kier alpha value is 0.716. The molecule has 0 aliphatic heterocycles. The van der Waals surface area contributed by atoms with Crippen LogP contribution in [0.15, 0.2) is 0 Å². The molecule has 0 aromatic carbocycles. The average Bonchev–Trinajstić information content (AvgIpc) is 0.918. The van der Waals surface area contributed by atoms with Gasteiger partial charge in [0, 0.05) is 0 Å². The van der Waals surface area contributed by atoms with E-state index in [1.165, 1.54) is 0 Å². The molecule has 2 nitrogen and oxygen atoms in total. The Morgan fingerprint density at radius 2 is 1.60 bits per heavy atom. The molecule has 0 unspecified atom stereocenters. The van der Waals surface area contributed by atoms with E-state index >= 15 is 0 Å². The molecule has 0 bridgehead atoms. The Balaban J connectivity index is -0.0000000200. The number of rotatable bonds is 0. The molecule has 0 aliphatic carbocycles. The second-order valence-corrected chi connectivity index (χ2v) is 0.0913. The molecule has 5 heavy (non-hydrogen) atoms. The summed E-state index contributed by atoms with van der Waals surface area (Å²) in [5.41, 5.74) is 0. The molecule has 0 aliphatic rings. The minimum atomic E-state index is 0. The van der Waals surface area contributed by atoms with Gasteiger partial charge in [0.05, 0.1) is 0 Å². The van der Waals surface area contributed by atoms with E-state index in [-0.39, 0.29) is 40.0 Å². The molecular weight excluding hydrogens is 148 g/mol. The standard InChI is InChI=1S/CHO2.BrH.Mg/c2-1-3;;/h(H,2,3);1H;/q-1;;+2/p-1.